The van der Waals surface area contributed by atoms with Crippen LogP contribution in [-0.4, -0.2) is 42.4 Å². The average molecular weight is 338 g/mol. The molecule has 0 unspecified atom stereocenters. The monoisotopic (exact) mass is 338 g/mol. The van der Waals surface area contributed by atoms with Crippen molar-refractivity contribution in [3.63, 3.8) is 0 Å². The number of methoxy groups -OCH3 is 1. The Morgan fingerprint density at radius 2 is 1.80 bits per heavy atom. The molecule has 0 saturated carbocycles. The van der Waals surface area contributed by atoms with E-state index in [1.54, 1.807) is 0 Å². The first-order valence-electron chi connectivity index (χ1n) is 8.60. The summed E-state index contributed by atoms with van der Waals surface area (Å²) in [6.45, 7) is 1.96. The number of benzene rings is 2. The van der Waals surface area contributed by atoms with E-state index in [9.17, 15) is 4.79 Å². The fraction of sp³-hybridized carbons (Fsp3) is 0.350. The van der Waals surface area contributed by atoms with Crippen molar-refractivity contribution in [2.75, 3.05) is 20.3 Å². The molecule has 5 nitrogen and oxygen atoms in total. The number of hydroxylamine groups is 2. The Hall–Kier alpha value is -2.21. The zero-order valence-electron chi connectivity index (χ0n) is 14.2. The van der Waals surface area contributed by atoms with Crippen molar-refractivity contribution in [2.24, 2.45) is 5.92 Å². The maximum atomic E-state index is 12.2. The molecule has 2 aromatic carbocycles. The van der Waals surface area contributed by atoms with Gasteiger partial charge in [-0.3, -0.25) is 14.5 Å². The lowest BCUT2D eigenvalue weighted by Gasteiger charge is -2.26. The predicted molar refractivity (Wildman–Crippen MR) is 93.1 cm³/mol. The van der Waals surface area contributed by atoms with Crippen LogP contribution < -0.4 is 0 Å². The van der Waals surface area contributed by atoms with Gasteiger partial charge in [-0.1, -0.05) is 60.7 Å². The van der Waals surface area contributed by atoms with Crippen molar-refractivity contribution >= 4 is 5.97 Å². The molecule has 5 heteroatoms. The smallest absolute Gasteiger partial charge is 0.314 e. The Balaban J connectivity index is 1.63. The van der Waals surface area contributed by atoms with Crippen molar-refractivity contribution in [1.82, 2.24) is 9.96 Å². The number of carbonyl (C=O) groups is 1. The number of ether oxygens (including phenoxy) is 1. The van der Waals surface area contributed by atoms with E-state index in [4.69, 9.17) is 9.57 Å². The molecule has 0 aliphatic carbocycles. The molecule has 2 aliphatic heterocycles. The van der Waals surface area contributed by atoms with Crippen LogP contribution in [-0.2, 0) is 20.9 Å². The van der Waals surface area contributed by atoms with Crippen LogP contribution in [0.15, 0.2) is 60.7 Å². The van der Waals surface area contributed by atoms with Gasteiger partial charge in [-0.15, -0.1) is 0 Å². The van der Waals surface area contributed by atoms with Gasteiger partial charge in [0.1, 0.15) is 12.1 Å². The average Bonchev–Trinajstić information content (AvgIpc) is 3.24. The summed E-state index contributed by atoms with van der Waals surface area (Å²) < 4.78 is 5.01. The van der Waals surface area contributed by atoms with Gasteiger partial charge < -0.3 is 4.74 Å². The first kappa shape index (κ1) is 16.3. The van der Waals surface area contributed by atoms with Crippen LogP contribution in [0, 0.1) is 5.92 Å². The second-order valence-corrected chi connectivity index (χ2v) is 6.54. The van der Waals surface area contributed by atoms with Gasteiger partial charge in [-0.25, -0.2) is 0 Å². The molecule has 0 bridgehead atoms. The molecule has 3 atom stereocenters. The molecule has 0 radical (unpaired) electrons. The molecule has 4 rings (SSSR count). The molecule has 0 N–H and O–H groups in total. The van der Waals surface area contributed by atoms with Crippen LogP contribution in [0.25, 0.3) is 0 Å². The van der Waals surface area contributed by atoms with Gasteiger partial charge in [-0.05, 0) is 11.1 Å². The Kier molecular flexibility index (Phi) is 4.53. The topological polar surface area (TPSA) is 42.0 Å². The third-order valence-electron chi connectivity index (χ3n) is 5.03. The summed E-state index contributed by atoms with van der Waals surface area (Å²) >= 11 is 0. The normalized spacial score (nSPS) is 26.5. The standard InChI is InChI=1S/C20H22N2O3/c1-24-20(23)17-14-25-22-18(16-10-6-3-7-11-16)13-21(19(17)22)12-15-8-4-2-5-9-15/h2-11,17-19H,12-14H2,1H3/t17-,18+,19-/m1/s1. The summed E-state index contributed by atoms with van der Waals surface area (Å²) in [5.74, 6) is -0.498. The van der Waals surface area contributed by atoms with Crippen LogP contribution in [0.2, 0.25) is 0 Å². The number of nitrogens with zero attached hydrogens (tertiary/aromatic N) is 2. The summed E-state index contributed by atoms with van der Waals surface area (Å²) in [5, 5.41) is 1.99. The van der Waals surface area contributed by atoms with Crippen LogP contribution in [0.3, 0.4) is 0 Å². The van der Waals surface area contributed by atoms with Crippen molar-refractivity contribution in [3.05, 3.63) is 71.8 Å². The number of esters is 1. The highest BCUT2D eigenvalue weighted by molar-refractivity contribution is 5.73. The van der Waals surface area contributed by atoms with Gasteiger partial charge >= 0.3 is 5.97 Å². The van der Waals surface area contributed by atoms with Crippen LogP contribution in [0.1, 0.15) is 17.2 Å². The molecule has 0 amide bonds. The minimum Gasteiger partial charge on any atom is -0.469 e. The van der Waals surface area contributed by atoms with E-state index in [1.165, 1.54) is 18.2 Å². The van der Waals surface area contributed by atoms with Crippen LogP contribution in [0.5, 0.6) is 0 Å². The maximum absolute atomic E-state index is 12.2. The van der Waals surface area contributed by atoms with Crippen molar-refractivity contribution in [1.29, 1.82) is 0 Å². The first-order valence-corrected chi connectivity index (χ1v) is 8.60. The van der Waals surface area contributed by atoms with Gasteiger partial charge in [0, 0.05) is 13.1 Å². The van der Waals surface area contributed by atoms with E-state index in [1.807, 2.05) is 41.5 Å². The summed E-state index contributed by atoms with van der Waals surface area (Å²) in [4.78, 5) is 20.5. The van der Waals surface area contributed by atoms with E-state index >= 15 is 0 Å². The van der Waals surface area contributed by atoms with Crippen molar-refractivity contribution in [2.45, 2.75) is 18.8 Å². The Labute approximate surface area is 147 Å². The second-order valence-electron chi connectivity index (χ2n) is 6.54. The van der Waals surface area contributed by atoms with Crippen LogP contribution in [0.4, 0.5) is 0 Å². The number of hydrogen-bond acceptors (Lipinski definition) is 5. The SMILES string of the molecule is COC(=O)[C@@H]1CON2[C@H]1N(Cc1ccccc1)C[C@H]2c1ccccc1. The molecular weight excluding hydrogens is 316 g/mol. The summed E-state index contributed by atoms with van der Waals surface area (Å²) in [6, 6.07) is 20.8. The third-order valence-corrected chi connectivity index (χ3v) is 5.03. The lowest BCUT2D eigenvalue weighted by Crippen LogP contribution is -2.42. The molecule has 2 aliphatic rings. The summed E-state index contributed by atoms with van der Waals surface area (Å²) in [7, 11) is 1.44. The van der Waals surface area contributed by atoms with E-state index < -0.39 is 0 Å². The fourth-order valence-electron chi connectivity index (χ4n) is 3.85. The predicted octanol–water partition coefficient (Wildman–Crippen LogP) is 2.61. The number of hydrogen-bond donors (Lipinski definition) is 0. The van der Waals surface area contributed by atoms with E-state index in [0.29, 0.717) is 6.61 Å². The highest BCUT2D eigenvalue weighted by atomic mass is 16.7. The van der Waals surface area contributed by atoms with Gasteiger partial charge in [0.05, 0.1) is 19.8 Å². The van der Waals surface area contributed by atoms with E-state index in [2.05, 4.69) is 29.2 Å². The zero-order valence-corrected chi connectivity index (χ0v) is 14.2. The highest BCUT2D eigenvalue weighted by Gasteiger charge is 2.52. The Morgan fingerprint density at radius 1 is 1.12 bits per heavy atom. The largest absolute Gasteiger partial charge is 0.469 e. The molecule has 0 aromatic heterocycles. The summed E-state index contributed by atoms with van der Waals surface area (Å²) in [5.41, 5.74) is 2.43. The molecule has 2 fully saturated rings. The van der Waals surface area contributed by atoms with Gasteiger partial charge in [0.2, 0.25) is 0 Å². The highest BCUT2D eigenvalue weighted by Crippen LogP contribution is 2.41. The quantitative estimate of drug-likeness (QED) is 0.802. The number of rotatable bonds is 4. The molecule has 2 saturated heterocycles. The fourth-order valence-corrected chi connectivity index (χ4v) is 3.85. The third kappa shape index (κ3) is 3.06. The molecule has 130 valence electrons. The van der Waals surface area contributed by atoms with E-state index in [0.717, 1.165) is 13.1 Å². The molecule has 2 aromatic rings. The van der Waals surface area contributed by atoms with Crippen molar-refractivity contribution in [3.8, 4) is 0 Å². The maximum Gasteiger partial charge on any atom is 0.314 e. The molecule has 2 heterocycles. The second kappa shape index (κ2) is 6.96. The summed E-state index contributed by atoms with van der Waals surface area (Å²) in [6.07, 6.45) is -0.0992. The lowest BCUT2D eigenvalue weighted by molar-refractivity contribution is -0.152. The first-order chi connectivity index (χ1) is 12.3. The van der Waals surface area contributed by atoms with Gasteiger partial charge in [0.15, 0.2) is 0 Å². The minimum absolute atomic E-state index is 0.0992. The Morgan fingerprint density at radius 3 is 2.48 bits per heavy atom. The van der Waals surface area contributed by atoms with Crippen molar-refractivity contribution < 1.29 is 14.4 Å². The van der Waals surface area contributed by atoms with Crippen LogP contribution >= 0.6 is 0 Å². The molecule has 0 spiro atoms. The Bertz CT molecular complexity index is 722. The van der Waals surface area contributed by atoms with Gasteiger partial charge in [-0.2, -0.15) is 5.06 Å². The van der Waals surface area contributed by atoms with E-state index in [-0.39, 0.29) is 24.1 Å². The molecule has 25 heavy (non-hydrogen) atoms. The lowest BCUT2D eigenvalue weighted by atomic mass is 10.1. The zero-order chi connectivity index (χ0) is 17.2. The minimum atomic E-state index is -0.289. The number of carbonyl (C=O) groups excluding carboxylic acids is 1. The number of fused-ring (bicyclic) bond motifs is 1. The molecular formula is C20H22N2O3. The van der Waals surface area contributed by atoms with Gasteiger partial charge in [0.25, 0.3) is 0 Å².